The fourth-order valence-corrected chi connectivity index (χ4v) is 5.95. The van der Waals surface area contributed by atoms with Crippen LogP contribution in [0.25, 0.3) is 6.08 Å². The SMILES string of the molecule is COc1ccc([C@H]2Oc3c(OC)cc(/C=C/CO[C@@H]4O[C@H](CO)[C@@H](O)[C@H](O)[C@H]4O)cc3[C@@H]2CO)cc1O[C@@H]1O[C@H](CO)[C@@H](O)[C@H](O)[C@H]1O. The van der Waals surface area contributed by atoms with E-state index >= 15 is 0 Å². The molecule has 266 valence electrons. The van der Waals surface area contributed by atoms with E-state index in [1.54, 1.807) is 42.5 Å². The molecule has 5 rings (SSSR count). The molecule has 3 aliphatic rings. The molecule has 0 radical (unpaired) electrons. The Morgan fingerprint density at radius 1 is 0.688 bits per heavy atom. The average Bonchev–Trinajstić information content (AvgIpc) is 3.48. The van der Waals surface area contributed by atoms with Crippen LogP contribution in [0.1, 0.15) is 28.7 Å². The minimum Gasteiger partial charge on any atom is -0.493 e. The summed E-state index contributed by atoms with van der Waals surface area (Å²) >= 11 is 0. The fourth-order valence-electron chi connectivity index (χ4n) is 5.95. The zero-order valence-corrected chi connectivity index (χ0v) is 26.2. The second kappa shape index (κ2) is 15.6. The van der Waals surface area contributed by atoms with E-state index in [1.165, 1.54) is 14.2 Å². The van der Waals surface area contributed by atoms with Gasteiger partial charge in [0.05, 0.1) is 46.6 Å². The zero-order chi connectivity index (χ0) is 34.7. The van der Waals surface area contributed by atoms with Crippen LogP contribution in [0.3, 0.4) is 0 Å². The second-order valence-electron chi connectivity index (χ2n) is 11.6. The first-order valence-electron chi connectivity index (χ1n) is 15.3. The molecule has 0 amide bonds. The third kappa shape index (κ3) is 7.11. The van der Waals surface area contributed by atoms with Crippen LogP contribution in [0.4, 0.5) is 0 Å². The van der Waals surface area contributed by atoms with Crippen molar-refractivity contribution in [2.45, 2.75) is 73.4 Å². The number of hydrogen-bond donors (Lipinski definition) is 9. The smallest absolute Gasteiger partial charge is 0.229 e. The van der Waals surface area contributed by atoms with Crippen molar-refractivity contribution in [1.29, 1.82) is 0 Å². The van der Waals surface area contributed by atoms with Crippen LogP contribution in [0.2, 0.25) is 0 Å². The summed E-state index contributed by atoms with van der Waals surface area (Å²) < 4.78 is 39.6. The zero-order valence-electron chi connectivity index (χ0n) is 26.2. The summed E-state index contributed by atoms with van der Waals surface area (Å²) in [6, 6.07) is 8.39. The molecule has 0 aromatic heterocycles. The first-order chi connectivity index (χ1) is 23.1. The van der Waals surface area contributed by atoms with E-state index < -0.39 is 86.6 Å². The monoisotopic (exact) mass is 682 g/mol. The molecule has 2 saturated heterocycles. The molecule has 16 heteroatoms. The maximum atomic E-state index is 10.5. The van der Waals surface area contributed by atoms with E-state index in [1.807, 2.05) is 0 Å². The van der Waals surface area contributed by atoms with Crippen LogP contribution < -0.4 is 18.9 Å². The van der Waals surface area contributed by atoms with Crippen molar-refractivity contribution >= 4 is 6.08 Å². The molecule has 0 unspecified atom stereocenters. The van der Waals surface area contributed by atoms with Gasteiger partial charge in [0, 0.05) is 5.56 Å². The number of aliphatic hydroxyl groups excluding tert-OH is 9. The highest BCUT2D eigenvalue weighted by molar-refractivity contribution is 5.62. The van der Waals surface area contributed by atoms with Gasteiger partial charge >= 0.3 is 0 Å². The lowest BCUT2D eigenvalue weighted by molar-refractivity contribution is -0.298. The number of benzene rings is 2. The minimum atomic E-state index is -1.65. The van der Waals surface area contributed by atoms with Crippen LogP contribution in [0, 0.1) is 0 Å². The Labute approximate surface area is 275 Å². The van der Waals surface area contributed by atoms with Crippen LogP contribution >= 0.6 is 0 Å². The number of hydrogen-bond acceptors (Lipinski definition) is 16. The van der Waals surface area contributed by atoms with Gasteiger partial charge in [-0.05, 0) is 35.4 Å². The third-order valence-corrected chi connectivity index (χ3v) is 8.66. The van der Waals surface area contributed by atoms with E-state index in [-0.39, 0.29) is 24.7 Å². The van der Waals surface area contributed by atoms with Gasteiger partial charge in [-0.2, -0.15) is 0 Å². The molecule has 3 heterocycles. The lowest BCUT2D eigenvalue weighted by atomic mass is 9.90. The quantitative estimate of drug-likeness (QED) is 0.117. The molecule has 2 aromatic rings. The molecule has 0 spiro atoms. The Bertz CT molecular complexity index is 1400. The highest BCUT2D eigenvalue weighted by Crippen LogP contribution is 2.51. The topological polar surface area (TPSA) is 247 Å². The van der Waals surface area contributed by atoms with E-state index in [0.717, 1.165) is 0 Å². The van der Waals surface area contributed by atoms with E-state index in [9.17, 15) is 46.0 Å². The molecule has 9 N–H and O–H groups in total. The molecule has 0 saturated carbocycles. The molecular weight excluding hydrogens is 640 g/mol. The summed E-state index contributed by atoms with van der Waals surface area (Å²) in [5, 5.41) is 90.3. The number of ether oxygens (including phenoxy) is 7. The van der Waals surface area contributed by atoms with Gasteiger partial charge in [0.25, 0.3) is 0 Å². The van der Waals surface area contributed by atoms with Crippen molar-refractivity contribution in [3.63, 3.8) is 0 Å². The van der Waals surface area contributed by atoms with Crippen LogP contribution in [-0.4, -0.2) is 148 Å². The Morgan fingerprint density at radius 2 is 1.31 bits per heavy atom. The summed E-state index contributed by atoms with van der Waals surface area (Å²) in [5.41, 5.74) is 1.85. The van der Waals surface area contributed by atoms with Crippen molar-refractivity contribution in [2.24, 2.45) is 0 Å². The highest BCUT2D eigenvalue weighted by Gasteiger charge is 2.46. The average molecular weight is 683 g/mol. The first kappa shape index (κ1) is 36.2. The van der Waals surface area contributed by atoms with Gasteiger partial charge in [0.1, 0.15) is 54.9 Å². The maximum Gasteiger partial charge on any atom is 0.229 e. The summed E-state index contributed by atoms with van der Waals surface area (Å²) in [7, 11) is 2.87. The predicted molar refractivity (Wildman–Crippen MR) is 162 cm³/mol. The second-order valence-corrected chi connectivity index (χ2v) is 11.6. The van der Waals surface area contributed by atoms with Crippen LogP contribution in [0.5, 0.6) is 23.0 Å². The minimum absolute atomic E-state index is 0.0618. The summed E-state index contributed by atoms with van der Waals surface area (Å²) in [6.45, 7) is -1.58. The Hall–Kier alpha value is -3.10. The molecule has 12 atom stereocenters. The molecule has 2 fully saturated rings. The summed E-state index contributed by atoms with van der Waals surface area (Å²) in [6.07, 6.45) is -11.9. The fraction of sp³-hybridized carbons (Fsp3) is 0.562. The third-order valence-electron chi connectivity index (χ3n) is 8.66. The molecule has 48 heavy (non-hydrogen) atoms. The lowest BCUT2D eigenvalue weighted by Gasteiger charge is -2.39. The van der Waals surface area contributed by atoms with Gasteiger partial charge in [-0.15, -0.1) is 0 Å². The highest BCUT2D eigenvalue weighted by atomic mass is 16.7. The van der Waals surface area contributed by atoms with Crippen molar-refractivity contribution in [2.75, 3.05) is 40.6 Å². The largest absolute Gasteiger partial charge is 0.493 e. The lowest BCUT2D eigenvalue weighted by Crippen LogP contribution is -2.60. The van der Waals surface area contributed by atoms with E-state index in [2.05, 4.69) is 0 Å². The Morgan fingerprint density at radius 3 is 1.92 bits per heavy atom. The standard InChI is InChI=1S/C32H42O16/c1-42-18-6-5-15(10-19(18)45-32-28(41)26(39)24(37)22(13-35)47-32)29-17(11-33)16-8-14(9-20(43-2)30(16)48-29)4-3-7-44-31-27(40)25(38)23(36)21(12-34)46-31/h3-6,8-10,17,21-29,31-41H,7,11-13H2,1-2H3/b4-3+/t17-,21+,22+,23+,24+,25-,26-,27+,28+,29+,31+,32+/m0/s1. The van der Waals surface area contributed by atoms with Gasteiger partial charge in [-0.3, -0.25) is 0 Å². The number of aliphatic hydroxyl groups is 9. The van der Waals surface area contributed by atoms with Crippen molar-refractivity contribution < 1.29 is 79.1 Å². The van der Waals surface area contributed by atoms with E-state index in [4.69, 9.17) is 33.2 Å². The van der Waals surface area contributed by atoms with Crippen LogP contribution in [-0.2, 0) is 14.2 Å². The normalized spacial score (nSPS) is 34.9. The van der Waals surface area contributed by atoms with Crippen molar-refractivity contribution in [3.8, 4) is 23.0 Å². The van der Waals surface area contributed by atoms with Crippen molar-refractivity contribution in [1.82, 2.24) is 0 Å². The molecule has 3 aliphatic heterocycles. The van der Waals surface area contributed by atoms with Gasteiger partial charge in [-0.1, -0.05) is 18.2 Å². The maximum absolute atomic E-state index is 10.5. The van der Waals surface area contributed by atoms with Crippen LogP contribution in [0.15, 0.2) is 36.4 Å². The molecule has 0 aliphatic carbocycles. The van der Waals surface area contributed by atoms with Gasteiger partial charge in [0.2, 0.25) is 6.29 Å². The summed E-state index contributed by atoms with van der Waals surface area (Å²) in [5.74, 6) is 0.576. The number of rotatable bonds is 12. The van der Waals surface area contributed by atoms with Crippen molar-refractivity contribution in [3.05, 3.63) is 53.1 Å². The Balaban J connectivity index is 1.33. The van der Waals surface area contributed by atoms with Gasteiger partial charge in [0.15, 0.2) is 29.3 Å². The predicted octanol–water partition coefficient (Wildman–Crippen LogP) is -2.08. The van der Waals surface area contributed by atoms with E-state index in [0.29, 0.717) is 28.2 Å². The van der Waals surface area contributed by atoms with Gasteiger partial charge in [-0.25, -0.2) is 0 Å². The number of methoxy groups -OCH3 is 2. The first-order valence-corrected chi connectivity index (χ1v) is 15.3. The molecule has 0 bridgehead atoms. The Kier molecular flexibility index (Phi) is 11.8. The number of fused-ring (bicyclic) bond motifs is 1. The van der Waals surface area contributed by atoms with Gasteiger partial charge < -0.3 is 79.1 Å². The molecule has 2 aromatic carbocycles. The molecule has 16 nitrogen and oxygen atoms in total. The molecular formula is C32H42O16. The summed E-state index contributed by atoms with van der Waals surface area (Å²) in [4.78, 5) is 0.